The Balaban J connectivity index is 2.65. The van der Waals surface area contributed by atoms with Crippen molar-refractivity contribution < 1.29 is 19.4 Å². The van der Waals surface area contributed by atoms with Crippen LogP contribution in [-0.4, -0.2) is 29.7 Å². The fraction of sp³-hybridized carbons (Fsp3) is 0.385. The number of carboxylic acid groups (broad SMARTS) is 1. The van der Waals surface area contributed by atoms with Crippen molar-refractivity contribution in [3.05, 3.63) is 28.3 Å². The summed E-state index contributed by atoms with van der Waals surface area (Å²) < 4.78 is 4.89. The highest BCUT2D eigenvalue weighted by molar-refractivity contribution is 6.34. The molecule has 0 aliphatic heterocycles. The van der Waals surface area contributed by atoms with Gasteiger partial charge in [-0.3, -0.25) is 4.79 Å². The van der Waals surface area contributed by atoms with Crippen LogP contribution in [0.4, 0.5) is 5.69 Å². The number of carbonyl (C=O) groups excluding carboxylic acids is 1. The van der Waals surface area contributed by atoms with Crippen molar-refractivity contribution >= 4 is 29.2 Å². The smallest absolute Gasteiger partial charge is 0.332 e. The first-order valence-corrected chi connectivity index (χ1v) is 6.10. The molecule has 0 unspecified atom stereocenters. The average Bonchev–Trinajstić information content (AvgIpc) is 2.30. The van der Waals surface area contributed by atoms with Gasteiger partial charge >= 0.3 is 5.97 Å². The van der Waals surface area contributed by atoms with Gasteiger partial charge in [-0.1, -0.05) is 17.7 Å². The summed E-state index contributed by atoms with van der Waals surface area (Å²) in [6, 6.07) is 3.63. The zero-order valence-electron chi connectivity index (χ0n) is 11.0. The maximum Gasteiger partial charge on any atom is 0.332 e. The van der Waals surface area contributed by atoms with E-state index in [0.717, 1.165) is 11.1 Å². The number of carbonyl (C=O) groups is 2. The van der Waals surface area contributed by atoms with Crippen LogP contribution in [0.2, 0.25) is 5.02 Å². The van der Waals surface area contributed by atoms with E-state index in [1.807, 2.05) is 19.9 Å². The Kier molecular flexibility index (Phi) is 5.32. The van der Waals surface area contributed by atoms with Gasteiger partial charge in [0.05, 0.1) is 10.7 Å². The minimum absolute atomic E-state index is 0.336. The molecule has 2 N–H and O–H groups in total. The SMILES string of the molecule is Cc1cc(C)c(NC(=O)CO[C@H](C)C(=O)O)c(Cl)c1. The predicted molar refractivity (Wildman–Crippen MR) is 72.6 cm³/mol. The van der Waals surface area contributed by atoms with E-state index in [4.69, 9.17) is 21.4 Å². The fourth-order valence-corrected chi connectivity index (χ4v) is 1.89. The summed E-state index contributed by atoms with van der Waals surface area (Å²) in [6.45, 7) is 4.76. The van der Waals surface area contributed by atoms with Gasteiger partial charge in [-0.25, -0.2) is 4.79 Å². The quantitative estimate of drug-likeness (QED) is 0.871. The Morgan fingerprint density at radius 1 is 1.42 bits per heavy atom. The lowest BCUT2D eigenvalue weighted by Gasteiger charge is -2.12. The summed E-state index contributed by atoms with van der Waals surface area (Å²) in [6.07, 6.45) is -1.03. The third-order valence-electron chi connectivity index (χ3n) is 2.51. The number of aliphatic carboxylic acids is 1. The number of benzene rings is 1. The number of aryl methyl sites for hydroxylation is 2. The number of nitrogens with one attached hydrogen (secondary N) is 1. The number of anilines is 1. The van der Waals surface area contributed by atoms with Gasteiger partial charge in [0, 0.05) is 0 Å². The average molecular weight is 286 g/mol. The number of carboxylic acids is 1. The second-order valence-electron chi connectivity index (χ2n) is 4.28. The summed E-state index contributed by atoms with van der Waals surface area (Å²) in [4.78, 5) is 22.2. The predicted octanol–water partition coefficient (Wildman–Crippen LogP) is 2.39. The van der Waals surface area contributed by atoms with Crippen LogP contribution in [0.3, 0.4) is 0 Å². The van der Waals surface area contributed by atoms with E-state index in [9.17, 15) is 9.59 Å². The molecule has 1 aromatic carbocycles. The van der Waals surface area contributed by atoms with Gasteiger partial charge in [0.1, 0.15) is 6.61 Å². The highest BCUT2D eigenvalue weighted by Gasteiger charge is 2.14. The third kappa shape index (κ3) is 4.54. The molecular formula is C13H16ClNO4. The van der Waals surface area contributed by atoms with Gasteiger partial charge < -0.3 is 15.2 Å². The molecule has 104 valence electrons. The minimum Gasteiger partial charge on any atom is -0.479 e. The molecule has 0 radical (unpaired) electrons. The molecule has 1 aromatic rings. The van der Waals surface area contributed by atoms with Gasteiger partial charge in [0.25, 0.3) is 0 Å². The molecule has 1 atom stereocenters. The first kappa shape index (κ1) is 15.5. The summed E-state index contributed by atoms with van der Waals surface area (Å²) >= 11 is 6.04. The number of ether oxygens (including phenoxy) is 1. The molecule has 0 bridgehead atoms. The van der Waals surface area contributed by atoms with Gasteiger partial charge in [0.15, 0.2) is 6.10 Å². The number of halogens is 1. The summed E-state index contributed by atoms with van der Waals surface area (Å²) in [5, 5.41) is 11.7. The number of amides is 1. The fourth-order valence-electron chi connectivity index (χ4n) is 1.52. The molecule has 5 nitrogen and oxygen atoms in total. The number of rotatable bonds is 5. The van der Waals surface area contributed by atoms with Crippen molar-refractivity contribution in [2.75, 3.05) is 11.9 Å². The lowest BCUT2D eigenvalue weighted by atomic mass is 10.1. The zero-order valence-corrected chi connectivity index (χ0v) is 11.7. The van der Waals surface area contributed by atoms with E-state index in [-0.39, 0.29) is 6.61 Å². The summed E-state index contributed by atoms with van der Waals surface area (Å²) in [5.74, 6) is -1.56. The first-order valence-electron chi connectivity index (χ1n) is 5.72. The van der Waals surface area contributed by atoms with E-state index in [2.05, 4.69) is 5.32 Å². The Labute approximate surface area is 116 Å². The van der Waals surface area contributed by atoms with Crippen LogP contribution in [0.1, 0.15) is 18.1 Å². The molecule has 0 aliphatic carbocycles. The van der Waals surface area contributed by atoms with Crippen LogP contribution in [0.5, 0.6) is 0 Å². The minimum atomic E-state index is -1.11. The van der Waals surface area contributed by atoms with Crippen LogP contribution >= 0.6 is 11.6 Å². The van der Waals surface area contributed by atoms with Crippen molar-refractivity contribution in [2.24, 2.45) is 0 Å². The van der Waals surface area contributed by atoms with Gasteiger partial charge in [0.2, 0.25) is 5.91 Å². The summed E-state index contributed by atoms with van der Waals surface area (Å²) in [7, 11) is 0. The molecule has 6 heteroatoms. The van der Waals surface area contributed by atoms with Gasteiger partial charge in [-0.15, -0.1) is 0 Å². The van der Waals surface area contributed by atoms with E-state index < -0.39 is 18.0 Å². The lowest BCUT2D eigenvalue weighted by molar-refractivity contribution is -0.150. The van der Waals surface area contributed by atoms with Crippen molar-refractivity contribution in [2.45, 2.75) is 26.9 Å². The monoisotopic (exact) mass is 285 g/mol. The number of hydrogen-bond acceptors (Lipinski definition) is 3. The Hall–Kier alpha value is -1.59. The molecule has 0 spiro atoms. The topological polar surface area (TPSA) is 75.6 Å². The third-order valence-corrected chi connectivity index (χ3v) is 2.81. The standard InChI is InChI=1S/C13H16ClNO4/c1-7-4-8(2)12(10(14)5-7)15-11(16)6-19-9(3)13(17)18/h4-5,9H,6H2,1-3H3,(H,15,16)(H,17,18)/t9-/m1/s1. The molecular weight excluding hydrogens is 270 g/mol. The van der Waals surface area contributed by atoms with E-state index >= 15 is 0 Å². The van der Waals surface area contributed by atoms with Crippen LogP contribution in [-0.2, 0) is 14.3 Å². The van der Waals surface area contributed by atoms with E-state index in [1.165, 1.54) is 6.92 Å². The highest BCUT2D eigenvalue weighted by Crippen LogP contribution is 2.27. The van der Waals surface area contributed by atoms with Crippen LogP contribution < -0.4 is 5.32 Å². The lowest BCUT2D eigenvalue weighted by Crippen LogP contribution is -2.26. The largest absolute Gasteiger partial charge is 0.479 e. The second-order valence-corrected chi connectivity index (χ2v) is 4.69. The maximum atomic E-state index is 11.6. The second kappa shape index (κ2) is 6.54. The van der Waals surface area contributed by atoms with E-state index in [0.29, 0.717) is 10.7 Å². The Bertz CT molecular complexity index is 478. The van der Waals surface area contributed by atoms with Crippen molar-refractivity contribution in [3.8, 4) is 0 Å². The molecule has 0 aliphatic rings. The molecule has 0 heterocycles. The first-order chi connectivity index (χ1) is 8.81. The molecule has 0 saturated heterocycles. The van der Waals surface area contributed by atoms with Crippen molar-refractivity contribution in [1.82, 2.24) is 0 Å². The van der Waals surface area contributed by atoms with Crippen LogP contribution in [0.25, 0.3) is 0 Å². The van der Waals surface area contributed by atoms with Crippen LogP contribution in [0, 0.1) is 13.8 Å². The highest BCUT2D eigenvalue weighted by atomic mass is 35.5. The van der Waals surface area contributed by atoms with Crippen LogP contribution in [0.15, 0.2) is 12.1 Å². The molecule has 0 fully saturated rings. The van der Waals surface area contributed by atoms with E-state index in [1.54, 1.807) is 6.07 Å². The zero-order chi connectivity index (χ0) is 14.6. The molecule has 1 amide bonds. The van der Waals surface area contributed by atoms with Gasteiger partial charge in [-0.05, 0) is 38.0 Å². The molecule has 1 rings (SSSR count). The molecule has 19 heavy (non-hydrogen) atoms. The molecule has 0 aromatic heterocycles. The molecule has 0 saturated carbocycles. The van der Waals surface area contributed by atoms with Crippen molar-refractivity contribution in [1.29, 1.82) is 0 Å². The Morgan fingerprint density at radius 3 is 2.58 bits per heavy atom. The number of hydrogen-bond donors (Lipinski definition) is 2. The van der Waals surface area contributed by atoms with Crippen molar-refractivity contribution in [3.63, 3.8) is 0 Å². The maximum absolute atomic E-state index is 11.6. The van der Waals surface area contributed by atoms with Gasteiger partial charge in [-0.2, -0.15) is 0 Å². The normalized spacial score (nSPS) is 12.0. The summed E-state index contributed by atoms with van der Waals surface area (Å²) in [5.41, 5.74) is 2.35. The Morgan fingerprint density at radius 2 is 2.05 bits per heavy atom.